The van der Waals surface area contributed by atoms with Gasteiger partial charge in [0.15, 0.2) is 0 Å². The summed E-state index contributed by atoms with van der Waals surface area (Å²) in [5.41, 5.74) is 0. The summed E-state index contributed by atoms with van der Waals surface area (Å²) < 4.78 is 0. The van der Waals surface area contributed by atoms with Crippen LogP contribution in [0.15, 0.2) is 0 Å². The van der Waals surface area contributed by atoms with Crippen molar-refractivity contribution < 1.29 is 0 Å². The lowest BCUT2D eigenvalue weighted by atomic mass is 9.79. The molecule has 0 heteroatoms. The van der Waals surface area contributed by atoms with Gasteiger partial charge in [-0.25, -0.2) is 0 Å². The Bertz CT molecular complexity index is 103. The maximum Gasteiger partial charge on any atom is -0.0409 e. The minimum atomic E-state index is 0.908. The Balaban J connectivity index is 2.23. The third-order valence-electron chi connectivity index (χ3n) is 2.85. The molecule has 66 valence electrons. The Hall–Kier alpha value is 0. The van der Waals surface area contributed by atoms with Crippen LogP contribution in [-0.4, -0.2) is 0 Å². The average Bonchev–Trinajstić information content (AvgIpc) is 1.85. The van der Waals surface area contributed by atoms with E-state index in [9.17, 15) is 0 Å². The van der Waals surface area contributed by atoms with Crippen LogP contribution in [0.1, 0.15) is 52.9 Å². The summed E-state index contributed by atoms with van der Waals surface area (Å²) in [7, 11) is 0. The minimum absolute atomic E-state index is 0.908. The molecular formula is C11H22. The second-order valence-corrected chi connectivity index (χ2v) is 4.77. The Morgan fingerprint density at radius 3 is 2.55 bits per heavy atom. The van der Waals surface area contributed by atoms with Crippen LogP contribution in [0.2, 0.25) is 0 Å². The van der Waals surface area contributed by atoms with Gasteiger partial charge < -0.3 is 0 Å². The van der Waals surface area contributed by atoms with Crippen molar-refractivity contribution in [3.63, 3.8) is 0 Å². The van der Waals surface area contributed by atoms with E-state index < -0.39 is 0 Å². The van der Waals surface area contributed by atoms with E-state index in [0.717, 1.165) is 17.8 Å². The molecule has 1 rings (SSSR count). The molecule has 11 heavy (non-hydrogen) atoms. The van der Waals surface area contributed by atoms with Crippen molar-refractivity contribution >= 4 is 0 Å². The molecule has 0 spiro atoms. The summed E-state index contributed by atoms with van der Waals surface area (Å²) in [4.78, 5) is 0. The van der Waals surface area contributed by atoms with Gasteiger partial charge in [0.1, 0.15) is 0 Å². The van der Waals surface area contributed by atoms with Gasteiger partial charge in [0, 0.05) is 0 Å². The molecule has 1 saturated carbocycles. The molecule has 0 aromatic carbocycles. The van der Waals surface area contributed by atoms with E-state index in [1.165, 1.54) is 32.1 Å². The van der Waals surface area contributed by atoms with Gasteiger partial charge in [-0.2, -0.15) is 0 Å². The van der Waals surface area contributed by atoms with E-state index in [0.29, 0.717) is 0 Å². The van der Waals surface area contributed by atoms with Crippen LogP contribution >= 0.6 is 0 Å². The molecule has 0 bridgehead atoms. The Kier molecular flexibility index (Phi) is 3.42. The van der Waals surface area contributed by atoms with Gasteiger partial charge in [-0.15, -0.1) is 0 Å². The lowest BCUT2D eigenvalue weighted by molar-refractivity contribution is 0.248. The van der Waals surface area contributed by atoms with Crippen molar-refractivity contribution in [1.82, 2.24) is 0 Å². The third kappa shape index (κ3) is 3.27. The molecule has 0 aliphatic heterocycles. The first-order valence-electron chi connectivity index (χ1n) is 5.18. The van der Waals surface area contributed by atoms with Gasteiger partial charge in [-0.1, -0.05) is 40.0 Å². The van der Waals surface area contributed by atoms with E-state index >= 15 is 0 Å². The SMILES string of the molecule is CC(C)CC1CCC[C@H](C)C1. The van der Waals surface area contributed by atoms with Crippen molar-refractivity contribution in [2.45, 2.75) is 52.9 Å². The van der Waals surface area contributed by atoms with Crippen molar-refractivity contribution in [2.24, 2.45) is 17.8 Å². The quantitative estimate of drug-likeness (QED) is 0.566. The first kappa shape index (κ1) is 9.09. The van der Waals surface area contributed by atoms with E-state index in [1.54, 1.807) is 0 Å². The molecule has 0 aromatic rings. The highest BCUT2D eigenvalue weighted by atomic mass is 14.2. The predicted molar refractivity (Wildman–Crippen MR) is 50.6 cm³/mol. The van der Waals surface area contributed by atoms with Gasteiger partial charge in [-0.3, -0.25) is 0 Å². The van der Waals surface area contributed by atoms with Crippen LogP contribution in [0, 0.1) is 17.8 Å². The third-order valence-corrected chi connectivity index (χ3v) is 2.85. The molecule has 0 nitrogen and oxygen atoms in total. The molecule has 0 saturated heterocycles. The molecule has 2 atom stereocenters. The van der Waals surface area contributed by atoms with Crippen LogP contribution in [0.25, 0.3) is 0 Å². The summed E-state index contributed by atoms with van der Waals surface area (Å²) in [5.74, 6) is 2.97. The summed E-state index contributed by atoms with van der Waals surface area (Å²) >= 11 is 0. The number of hydrogen-bond donors (Lipinski definition) is 0. The van der Waals surface area contributed by atoms with Gasteiger partial charge >= 0.3 is 0 Å². The van der Waals surface area contributed by atoms with Crippen molar-refractivity contribution in [1.29, 1.82) is 0 Å². The molecule has 1 aliphatic carbocycles. The molecule has 1 aliphatic rings. The van der Waals surface area contributed by atoms with Crippen LogP contribution in [0.5, 0.6) is 0 Å². The topological polar surface area (TPSA) is 0 Å². The van der Waals surface area contributed by atoms with Gasteiger partial charge in [0.2, 0.25) is 0 Å². The summed E-state index contributed by atoms with van der Waals surface area (Å²) in [6.07, 6.45) is 7.43. The van der Waals surface area contributed by atoms with Gasteiger partial charge in [0.05, 0.1) is 0 Å². The molecular weight excluding hydrogens is 132 g/mol. The second-order valence-electron chi connectivity index (χ2n) is 4.77. The van der Waals surface area contributed by atoms with E-state index in [4.69, 9.17) is 0 Å². The van der Waals surface area contributed by atoms with Crippen LogP contribution in [0.3, 0.4) is 0 Å². The van der Waals surface area contributed by atoms with Gasteiger partial charge in [0.25, 0.3) is 0 Å². The van der Waals surface area contributed by atoms with Crippen LogP contribution in [0.4, 0.5) is 0 Å². The second kappa shape index (κ2) is 4.13. The average molecular weight is 154 g/mol. The fourth-order valence-corrected chi connectivity index (χ4v) is 2.44. The monoisotopic (exact) mass is 154 g/mol. The van der Waals surface area contributed by atoms with E-state index in [2.05, 4.69) is 20.8 Å². The first-order chi connectivity index (χ1) is 5.18. The zero-order valence-electron chi connectivity index (χ0n) is 8.27. The van der Waals surface area contributed by atoms with Crippen LogP contribution in [-0.2, 0) is 0 Å². The Morgan fingerprint density at radius 2 is 2.00 bits per heavy atom. The Labute approximate surface area is 71.4 Å². The van der Waals surface area contributed by atoms with Crippen molar-refractivity contribution in [3.05, 3.63) is 0 Å². The molecule has 0 radical (unpaired) electrons. The zero-order valence-corrected chi connectivity index (χ0v) is 8.27. The van der Waals surface area contributed by atoms with E-state index in [-0.39, 0.29) is 0 Å². The maximum atomic E-state index is 2.41. The summed E-state index contributed by atoms with van der Waals surface area (Å²) in [6.45, 7) is 7.10. The largest absolute Gasteiger partial charge is 0.0628 e. The zero-order chi connectivity index (χ0) is 8.27. The summed E-state index contributed by atoms with van der Waals surface area (Å²) in [6, 6.07) is 0. The highest BCUT2D eigenvalue weighted by molar-refractivity contribution is 4.71. The fourth-order valence-electron chi connectivity index (χ4n) is 2.44. The number of hydrogen-bond acceptors (Lipinski definition) is 0. The predicted octanol–water partition coefficient (Wildman–Crippen LogP) is 3.86. The molecule has 1 fully saturated rings. The smallest absolute Gasteiger partial charge is 0.0409 e. The first-order valence-corrected chi connectivity index (χ1v) is 5.18. The summed E-state index contributed by atoms with van der Waals surface area (Å²) in [5, 5.41) is 0. The van der Waals surface area contributed by atoms with Crippen molar-refractivity contribution in [2.75, 3.05) is 0 Å². The molecule has 0 aromatic heterocycles. The number of rotatable bonds is 2. The lowest BCUT2D eigenvalue weighted by Crippen LogP contribution is -2.14. The maximum absolute atomic E-state index is 2.41. The molecule has 0 heterocycles. The molecule has 0 N–H and O–H groups in total. The fraction of sp³-hybridized carbons (Fsp3) is 1.00. The lowest BCUT2D eigenvalue weighted by Gasteiger charge is -2.27. The van der Waals surface area contributed by atoms with Crippen molar-refractivity contribution in [3.8, 4) is 0 Å². The normalized spacial score (nSPS) is 32.7. The minimum Gasteiger partial charge on any atom is -0.0628 e. The van der Waals surface area contributed by atoms with Gasteiger partial charge in [-0.05, 0) is 30.6 Å². The molecule has 0 amide bonds. The highest BCUT2D eigenvalue weighted by Crippen LogP contribution is 2.32. The Morgan fingerprint density at radius 1 is 1.27 bits per heavy atom. The standard InChI is InChI=1S/C11H22/c1-9(2)7-11-6-4-5-10(3)8-11/h9-11H,4-8H2,1-3H3/t10-,11?/m0/s1. The van der Waals surface area contributed by atoms with Crippen LogP contribution < -0.4 is 0 Å². The molecule has 1 unspecified atom stereocenters. The van der Waals surface area contributed by atoms with E-state index in [1.807, 2.05) is 0 Å². The highest BCUT2D eigenvalue weighted by Gasteiger charge is 2.19.